The Morgan fingerprint density at radius 2 is 1.91 bits per heavy atom. The van der Waals surface area contributed by atoms with Crippen LogP contribution in [0.2, 0.25) is 5.02 Å². The Balaban J connectivity index is 1.17. The van der Waals surface area contributed by atoms with Crippen molar-refractivity contribution in [3.8, 4) is 0 Å². The summed E-state index contributed by atoms with van der Waals surface area (Å²) in [5, 5.41) is 0.369. The highest BCUT2D eigenvalue weighted by atomic mass is 35.5. The Morgan fingerprint density at radius 1 is 1.09 bits per heavy atom. The third-order valence-corrected chi connectivity index (χ3v) is 8.00. The van der Waals surface area contributed by atoms with E-state index in [1.54, 1.807) is 23.3 Å². The van der Waals surface area contributed by atoms with Gasteiger partial charge in [-0.05, 0) is 68.9 Å². The van der Waals surface area contributed by atoms with Crippen molar-refractivity contribution in [3.05, 3.63) is 69.7 Å². The predicted molar refractivity (Wildman–Crippen MR) is 128 cm³/mol. The molecular formula is C27H32ClN3O. The molecule has 2 fully saturated rings. The second-order valence-electron chi connectivity index (χ2n) is 9.69. The third kappa shape index (κ3) is 4.15. The molecule has 3 aliphatic rings. The molecule has 5 heteroatoms. The van der Waals surface area contributed by atoms with Gasteiger partial charge in [-0.25, -0.2) is 0 Å². The first-order chi connectivity index (χ1) is 15.5. The smallest absolute Gasteiger partial charge is 0.256 e. The fraction of sp³-hybridized carbons (Fsp3) is 0.519. The molecule has 2 aromatic rings. The molecule has 2 atom stereocenters. The summed E-state index contributed by atoms with van der Waals surface area (Å²) >= 11 is 6.16. The summed E-state index contributed by atoms with van der Waals surface area (Å²) in [4.78, 5) is 20.2. The summed E-state index contributed by atoms with van der Waals surface area (Å²) in [5.74, 6) is 0.0204. The lowest BCUT2D eigenvalue weighted by atomic mass is 9.98. The zero-order valence-corrected chi connectivity index (χ0v) is 19.9. The van der Waals surface area contributed by atoms with Crippen molar-refractivity contribution in [2.45, 2.75) is 57.7 Å². The van der Waals surface area contributed by atoms with Gasteiger partial charge in [0.25, 0.3) is 5.91 Å². The van der Waals surface area contributed by atoms with Gasteiger partial charge in [0.05, 0.1) is 5.56 Å². The number of halogens is 1. The molecule has 0 bridgehead atoms. The highest BCUT2D eigenvalue weighted by Gasteiger charge is 2.36. The lowest BCUT2D eigenvalue weighted by molar-refractivity contribution is 0.0104. The van der Waals surface area contributed by atoms with Crippen LogP contribution in [0.3, 0.4) is 0 Å². The van der Waals surface area contributed by atoms with Crippen LogP contribution in [0.4, 0.5) is 0 Å². The minimum atomic E-state index is 0.0204. The van der Waals surface area contributed by atoms with E-state index in [4.69, 9.17) is 11.6 Å². The number of rotatable bonds is 3. The molecular weight excluding hydrogens is 418 g/mol. The van der Waals surface area contributed by atoms with Crippen LogP contribution in [0, 0.1) is 19.1 Å². The fourth-order valence-electron chi connectivity index (χ4n) is 6.00. The Hall–Kier alpha value is -2.06. The summed E-state index contributed by atoms with van der Waals surface area (Å²) in [6, 6.07) is 17.8. The van der Waals surface area contributed by atoms with Crippen molar-refractivity contribution in [1.29, 1.82) is 0 Å². The molecule has 2 aromatic carbocycles. The average Bonchev–Trinajstić information content (AvgIpc) is 3.21. The SMILES string of the molecule is Cc1ccc2c(c1)CCC2N1CCN(C2CCN(C(=O)c3ccc#cc3Cl)CC2)C[C@H]1C. The van der Waals surface area contributed by atoms with E-state index >= 15 is 0 Å². The van der Waals surface area contributed by atoms with Gasteiger partial charge in [0.15, 0.2) is 0 Å². The van der Waals surface area contributed by atoms with Crippen molar-refractivity contribution in [2.24, 2.45) is 0 Å². The van der Waals surface area contributed by atoms with Crippen molar-refractivity contribution in [3.63, 3.8) is 0 Å². The quantitative estimate of drug-likeness (QED) is 0.687. The predicted octanol–water partition coefficient (Wildman–Crippen LogP) is 4.55. The van der Waals surface area contributed by atoms with E-state index in [1.165, 1.54) is 18.4 Å². The van der Waals surface area contributed by atoms with E-state index in [0.717, 1.165) is 45.6 Å². The number of hydrogen-bond acceptors (Lipinski definition) is 3. The minimum absolute atomic E-state index is 0.0204. The monoisotopic (exact) mass is 449 g/mol. The summed E-state index contributed by atoms with van der Waals surface area (Å²) < 4.78 is 0. The Bertz CT molecular complexity index is 985. The zero-order chi connectivity index (χ0) is 22.2. The van der Waals surface area contributed by atoms with E-state index in [0.29, 0.717) is 28.7 Å². The maximum absolute atomic E-state index is 12.9. The summed E-state index contributed by atoms with van der Waals surface area (Å²) in [5.41, 5.74) is 5.02. The number of piperidine rings is 1. The number of hydrogen-bond donors (Lipinski definition) is 0. The van der Waals surface area contributed by atoms with Gasteiger partial charge in [0, 0.05) is 50.8 Å². The van der Waals surface area contributed by atoms with Crippen LogP contribution >= 0.6 is 11.6 Å². The first kappa shape index (κ1) is 21.8. The van der Waals surface area contributed by atoms with Crippen LogP contribution in [-0.2, 0) is 6.42 Å². The van der Waals surface area contributed by atoms with Crippen LogP contribution in [0.5, 0.6) is 0 Å². The molecule has 32 heavy (non-hydrogen) atoms. The summed E-state index contributed by atoms with van der Waals surface area (Å²) in [6.45, 7) is 9.54. The van der Waals surface area contributed by atoms with Gasteiger partial charge in [-0.1, -0.05) is 41.4 Å². The lowest BCUT2D eigenvalue weighted by Crippen LogP contribution is -2.57. The first-order valence-corrected chi connectivity index (χ1v) is 12.4. The molecule has 0 saturated carbocycles. The normalized spacial score (nSPS) is 24.9. The van der Waals surface area contributed by atoms with Gasteiger partial charge in [-0.15, -0.1) is 0 Å². The van der Waals surface area contributed by atoms with E-state index in [-0.39, 0.29) is 5.91 Å². The highest BCUT2D eigenvalue weighted by Crippen LogP contribution is 2.38. The van der Waals surface area contributed by atoms with E-state index in [1.807, 2.05) is 4.90 Å². The second kappa shape index (κ2) is 9.06. The van der Waals surface area contributed by atoms with Gasteiger partial charge < -0.3 is 4.90 Å². The zero-order valence-electron chi connectivity index (χ0n) is 19.1. The number of carbonyl (C=O) groups excluding carboxylic acids is 1. The number of benzene rings is 1. The molecule has 5 rings (SSSR count). The van der Waals surface area contributed by atoms with Crippen molar-refractivity contribution >= 4 is 17.5 Å². The fourth-order valence-corrected chi connectivity index (χ4v) is 6.20. The van der Waals surface area contributed by atoms with Crippen molar-refractivity contribution in [2.75, 3.05) is 32.7 Å². The molecule has 1 amide bonds. The maximum Gasteiger partial charge on any atom is 0.256 e. The molecule has 0 N–H and O–H groups in total. The third-order valence-electron chi connectivity index (χ3n) is 7.71. The number of aryl methyl sites for hydroxylation is 2. The molecule has 0 spiro atoms. The first-order valence-electron chi connectivity index (χ1n) is 12.0. The number of likely N-dealkylation sites (tertiary alicyclic amines) is 1. The van der Waals surface area contributed by atoms with E-state index in [9.17, 15) is 4.79 Å². The maximum atomic E-state index is 12.9. The largest absolute Gasteiger partial charge is 0.338 e. The summed E-state index contributed by atoms with van der Waals surface area (Å²) in [6.07, 6.45) is 4.53. The highest BCUT2D eigenvalue weighted by molar-refractivity contribution is 6.33. The number of carbonyl (C=O) groups is 1. The average molecular weight is 450 g/mol. The van der Waals surface area contributed by atoms with Crippen LogP contribution in [0.1, 0.15) is 59.3 Å². The van der Waals surface area contributed by atoms with Crippen molar-refractivity contribution < 1.29 is 4.79 Å². The Kier molecular flexibility index (Phi) is 6.16. The van der Waals surface area contributed by atoms with Crippen LogP contribution < -0.4 is 0 Å². The van der Waals surface area contributed by atoms with E-state index < -0.39 is 0 Å². The molecule has 1 unspecified atom stereocenters. The van der Waals surface area contributed by atoms with Gasteiger partial charge in [0.2, 0.25) is 0 Å². The second-order valence-corrected chi connectivity index (χ2v) is 10.1. The number of amides is 1. The molecule has 0 aromatic heterocycles. The standard InChI is InChI=1S/C27H32ClN3O/c1-19-7-9-23-21(17-19)8-10-26(23)31-16-15-30(18-20(31)2)22-11-13-29(14-12-22)27(32)24-5-3-4-6-25(24)28/h3,5,7,9,17,20,22,26H,8,10-16,18H2,1-2H3/t20-,26?/m1/s1. The van der Waals surface area contributed by atoms with Gasteiger partial charge >= 0.3 is 0 Å². The molecule has 2 aliphatic heterocycles. The number of nitrogens with zero attached hydrogens (tertiary/aromatic N) is 3. The minimum Gasteiger partial charge on any atom is -0.338 e. The topological polar surface area (TPSA) is 26.8 Å². The van der Waals surface area contributed by atoms with Crippen LogP contribution in [0.25, 0.3) is 0 Å². The van der Waals surface area contributed by atoms with Crippen LogP contribution in [0.15, 0.2) is 30.3 Å². The molecule has 2 heterocycles. The number of fused-ring (bicyclic) bond motifs is 1. The van der Waals surface area contributed by atoms with Gasteiger partial charge in [0.1, 0.15) is 5.02 Å². The summed E-state index contributed by atoms with van der Waals surface area (Å²) in [7, 11) is 0. The molecule has 0 radical (unpaired) electrons. The lowest BCUT2D eigenvalue weighted by Gasteiger charge is -2.47. The van der Waals surface area contributed by atoms with Gasteiger partial charge in [-0.3, -0.25) is 14.6 Å². The van der Waals surface area contributed by atoms with E-state index in [2.05, 4.69) is 54.0 Å². The number of piperazine rings is 1. The molecule has 2 saturated heterocycles. The molecule has 168 valence electrons. The van der Waals surface area contributed by atoms with Gasteiger partial charge in [-0.2, -0.15) is 0 Å². The Labute approximate surface area is 197 Å². The Morgan fingerprint density at radius 3 is 2.66 bits per heavy atom. The van der Waals surface area contributed by atoms with Crippen LogP contribution in [-0.4, -0.2) is 65.4 Å². The molecule has 1 aliphatic carbocycles. The van der Waals surface area contributed by atoms with Crippen molar-refractivity contribution in [1.82, 2.24) is 14.7 Å². The molecule has 4 nitrogen and oxygen atoms in total.